The minimum atomic E-state index is -0.288. The molecule has 2 aromatic rings. The summed E-state index contributed by atoms with van der Waals surface area (Å²) in [6, 6.07) is 10.1. The van der Waals surface area contributed by atoms with Crippen LogP contribution in [0.4, 0.5) is 4.39 Å². The summed E-state index contributed by atoms with van der Waals surface area (Å²) in [5, 5.41) is 10.5. The van der Waals surface area contributed by atoms with Gasteiger partial charge in [-0.15, -0.1) is 0 Å². The van der Waals surface area contributed by atoms with Crippen molar-refractivity contribution < 1.29 is 9.50 Å². The predicted molar refractivity (Wildman–Crippen MR) is 44.4 cm³/mol. The molecule has 0 atom stereocenters. The SMILES string of the molecule is Oc1c[c]c2cc(F)ccc2c1. The minimum Gasteiger partial charge on any atom is -0.508 e. The molecule has 0 aromatic heterocycles. The third-order valence-electron chi connectivity index (χ3n) is 1.69. The lowest BCUT2D eigenvalue weighted by molar-refractivity contribution is 0.476. The Hall–Kier alpha value is -1.57. The number of hydrogen-bond donors (Lipinski definition) is 1. The largest absolute Gasteiger partial charge is 0.508 e. The number of rotatable bonds is 0. The van der Waals surface area contributed by atoms with Crippen molar-refractivity contribution in [1.82, 2.24) is 0 Å². The maximum absolute atomic E-state index is 12.7. The van der Waals surface area contributed by atoms with Gasteiger partial charge >= 0.3 is 0 Å². The third-order valence-corrected chi connectivity index (χ3v) is 1.69. The molecule has 0 amide bonds. The van der Waals surface area contributed by atoms with Gasteiger partial charge in [0.1, 0.15) is 11.6 Å². The molecular weight excluding hydrogens is 155 g/mol. The van der Waals surface area contributed by atoms with E-state index in [1.165, 1.54) is 18.2 Å². The summed E-state index contributed by atoms with van der Waals surface area (Å²) in [6.07, 6.45) is 0. The van der Waals surface area contributed by atoms with Gasteiger partial charge in [-0.3, -0.25) is 0 Å². The molecule has 1 N–H and O–H groups in total. The number of hydrogen-bond acceptors (Lipinski definition) is 1. The van der Waals surface area contributed by atoms with Gasteiger partial charge in [-0.2, -0.15) is 0 Å². The fourth-order valence-electron chi connectivity index (χ4n) is 1.13. The zero-order valence-electron chi connectivity index (χ0n) is 6.21. The molecule has 0 fully saturated rings. The molecule has 0 unspecified atom stereocenters. The van der Waals surface area contributed by atoms with Gasteiger partial charge in [-0.25, -0.2) is 4.39 Å². The number of phenolic OH excluding ortho intramolecular Hbond substituents is 1. The summed E-state index contributed by atoms with van der Waals surface area (Å²) in [5.74, 6) is -0.140. The fraction of sp³-hybridized carbons (Fsp3) is 0. The van der Waals surface area contributed by atoms with Gasteiger partial charge in [0.15, 0.2) is 0 Å². The first-order valence-electron chi connectivity index (χ1n) is 3.56. The molecular formula is C10H6FO. The average molecular weight is 161 g/mol. The Balaban J connectivity index is 2.79. The summed E-state index contributed by atoms with van der Waals surface area (Å²) in [5.41, 5.74) is 0. The van der Waals surface area contributed by atoms with Crippen LogP contribution in [0.5, 0.6) is 5.75 Å². The van der Waals surface area contributed by atoms with E-state index in [1.54, 1.807) is 12.1 Å². The van der Waals surface area contributed by atoms with Gasteiger partial charge in [0, 0.05) is 0 Å². The molecule has 2 aromatic carbocycles. The Morgan fingerprint density at radius 3 is 2.92 bits per heavy atom. The van der Waals surface area contributed by atoms with Gasteiger partial charge in [-0.1, -0.05) is 6.07 Å². The van der Waals surface area contributed by atoms with E-state index >= 15 is 0 Å². The number of aromatic hydroxyl groups is 1. The number of fused-ring (bicyclic) bond motifs is 1. The third kappa shape index (κ3) is 1.11. The van der Waals surface area contributed by atoms with Crippen LogP contribution in [0.15, 0.2) is 30.3 Å². The van der Waals surface area contributed by atoms with E-state index in [4.69, 9.17) is 5.11 Å². The molecule has 0 aliphatic heterocycles. The van der Waals surface area contributed by atoms with E-state index in [1.807, 2.05) is 0 Å². The fourth-order valence-corrected chi connectivity index (χ4v) is 1.13. The highest BCUT2D eigenvalue weighted by molar-refractivity contribution is 5.83. The van der Waals surface area contributed by atoms with E-state index in [2.05, 4.69) is 6.07 Å². The number of benzene rings is 2. The molecule has 0 aliphatic rings. The lowest BCUT2D eigenvalue weighted by atomic mass is 10.1. The van der Waals surface area contributed by atoms with E-state index in [0.29, 0.717) is 5.39 Å². The van der Waals surface area contributed by atoms with Crippen molar-refractivity contribution in [2.24, 2.45) is 0 Å². The Morgan fingerprint density at radius 1 is 1.25 bits per heavy atom. The standard InChI is InChI=1S/C10H6FO/c11-9-3-1-8-6-10(12)4-2-7(8)5-9/h1,3-6,12H. The van der Waals surface area contributed by atoms with E-state index in [9.17, 15) is 4.39 Å². The van der Waals surface area contributed by atoms with Gasteiger partial charge in [-0.05, 0) is 41.1 Å². The van der Waals surface area contributed by atoms with Crippen LogP contribution >= 0.6 is 0 Å². The summed E-state index contributed by atoms with van der Waals surface area (Å²) >= 11 is 0. The summed E-state index contributed by atoms with van der Waals surface area (Å²) in [7, 11) is 0. The first kappa shape index (κ1) is 7.10. The Kier molecular flexibility index (Phi) is 1.47. The second kappa shape index (κ2) is 2.48. The molecule has 0 aliphatic carbocycles. The molecule has 0 bridgehead atoms. The molecule has 0 spiro atoms. The molecule has 59 valence electrons. The van der Waals surface area contributed by atoms with Crippen molar-refractivity contribution in [3.63, 3.8) is 0 Å². The smallest absolute Gasteiger partial charge is 0.123 e. The van der Waals surface area contributed by atoms with Crippen molar-refractivity contribution in [3.8, 4) is 5.75 Å². The van der Waals surface area contributed by atoms with Crippen LogP contribution in [0.25, 0.3) is 10.8 Å². The summed E-state index contributed by atoms with van der Waals surface area (Å²) in [6.45, 7) is 0. The van der Waals surface area contributed by atoms with E-state index < -0.39 is 0 Å². The molecule has 2 rings (SSSR count). The maximum atomic E-state index is 12.7. The van der Waals surface area contributed by atoms with Gasteiger partial charge in [0.05, 0.1) is 0 Å². The van der Waals surface area contributed by atoms with Gasteiger partial charge in [0.25, 0.3) is 0 Å². The van der Waals surface area contributed by atoms with Gasteiger partial charge in [0.2, 0.25) is 0 Å². The van der Waals surface area contributed by atoms with Crippen LogP contribution in [-0.2, 0) is 0 Å². The molecule has 0 saturated carbocycles. The predicted octanol–water partition coefficient (Wildman–Crippen LogP) is 2.48. The summed E-state index contributed by atoms with van der Waals surface area (Å²) in [4.78, 5) is 0. The second-order valence-electron chi connectivity index (χ2n) is 2.59. The Bertz CT molecular complexity index is 382. The van der Waals surface area contributed by atoms with Crippen molar-refractivity contribution in [3.05, 3.63) is 42.2 Å². The highest BCUT2D eigenvalue weighted by Gasteiger charge is 1.96. The normalized spacial score (nSPS) is 10.4. The monoisotopic (exact) mass is 161 g/mol. The quantitative estimate of drug-likeness (QED) is 0.629. The maximum Gasteiger partial charge on any atom is 0.123 e. The molecule has 2 heteroatoms. The second-order valence-corrected chi connectivity index (χ2v) is 2.59. The molecule has 12 heavy (non-hydrogen) atoms. The zero-order valence-corrected chi connectivity index (χ0v) is 6.21. The Labute approximate surface area is 69.1 Å². The number of halogens is 1. The highest BCUT2D eigenvalue weighted by Crippen LogP contribution is 2.19. The van der Waals surface area contributed by atoms with Crippen LogP contribution in [-0.4, -0.2) is 5.11 Å². The van der Waals surface area contributed by atoms with Gasteiger partial charge < -0.3 is 5.11 Å². The van der Waals surface area contributed by atoms with Crippen molar-refractivity contribution in [1.29, 1.82) is 0 Å². The average Bonchev–Trinajstić information content (AvgIpc) is 2.05. The van der Waals surface area contributed by atoms with Crippen LogP contribution < -0.4 is 0 Å². The van der Waals surface area contributed by atoms with Crippen LogP contribution in [0.2, 0.25) is 0 Å². The van der Waals surface area contributed by atoms with Crippen molar-refractivity contribution >= 4 is 10.8 Å². The first-order chi connectivity index (χ1) is 5.75. The zero-order chi connectivity index (χ0) is 8.55. The molecule has 1 radical (unpaired) electrons. The van der Waals surface area contributed by atoms with Crippen LogP contribution in [0, 0.1) is 11.9 Å². The van der Waals surface area contributed by atoms with E-state index in [0.717, 1.165) is 5.39 Å². The summed E-state index contributed by atoms with van der Waals surface area (Å²) < 4.78 is 12.7. The minimum absolute atomic E-state index is 0.147. The van der Waals surface area contributed by atoms with Crippen molar-refractivity contribution in [2.75, 3.05) is 0 Å². The number of phenols is 1. The van der Waals surface area contributed by atoms with E-state index in [-0.39, 0.29) is 11.6 Å². The molecule has 1 nitrogen and oxygen atoms in total. The highest BCUT2D eigenvalue weighted by atomic mass is 19.1. The Morgan fingerprint density at radius 2 is 2.08 bits per heavy atom. The topological polar surface area (TPSA) is 20.2 Å². The molecule has 0 saturated heterocycles. The van der Waals surface area contributed by atoms with Crippen molar-refractivity contribution in [2.45, 2.75) is 0 Å². The molecule has 0 heterocycles. The lowest BCUT2D eigenvalue weighted by Gasteiger charge is -1.97. The van der Waals surface area contributed by atoms with Crippen LogP contribution in [0.1, 0.15) is 0 Å². The lowest BCUT2D eigenvalue weighted by Crippen LogP contribution is -1.75. The van der Waals surface area contributed by atoms with Crippen LogP contribution in [0.3, 0.4) is 0 Å². The first-order valence-corrected chi connectivity index (χ1v) is 3.56.